The Bertz CT molecular complexity index is 1630. The molecule has 0 spiro atoms. The fraction of sp³-hybridized carbons (Fsp3) is 0.152. The highest BCUT2D eigenvalue weighted by molar-refractivity contribution is 6.24. The minimum atomic E-state index is -1.18. The lowest BCUT2D eigenvalue weighted by Gasteiger charge is -2.20. The van der Waals surface area contributed by atoms with Gasteiger partial charge in [0.2, 0.25) is 5.75 Å². The molecule has 4 aromatic rings. The molecule has 0 saturated heterocycles. The van der Waals surface area contributed by atoms with Crippen molar-refractivity contribution in [2.45, 2.75) is 26.2 Å². The largest absolute Gasteiger partial charge is 0.504 e. The van der Waals surface area contributed by atoms with Gasteiger partial charge in [0, 0.05) is 11.1 Å². The number of benzene rings is 4. The standard InChI is InChI=1S/C33H27FO8/c1-2-3-10-18-41-33(40)24-25(27(35)20-12-6-4-7-13-20)29(37)30(38)31(42-32(39)21-14-8-5-9-15-21)26(24)28(36)22-16-11-17-23(34)19-22/h4-9,11-17,19,37-38H,2-3,10,18H2,1H3. The van der Waals surface area contributed by atoms with Crippen LogP contribution in [0.15, 0.2) is 84.9 Å². The Labute approximate surface area is 241 Å². The fourth-order valence-electron chi connectivity index (χ4n) is 4.27. The Morgan fingerprint density at radius 2 is 1.26 bits per heavy atom. The monoisotopic (exact) mass is 570 g/mol. The predicted molar refractivity (Wildman–Crippen MR) is 151 cm³/mol. The summed E-state index contributed by atoms with van der Waals surface area (Å²) in [5.41, 5.74) is -2.46. The van der Waals surface area contributed by atoms with E-state index >= 15 is 0 Å². The van der Waals surface area contributed by atoms with E-state index in [4.69, 9.17) is 9.47 Å². The van der Waals surface area contributed by atoms with Gasteiger partial charge >= 0.3 is 11.9 Å². The van der Waals surface area contributed by atoms with E-state index in [9.17, 15) is 33.8 Å². The summed E-state index contributed by atoms with van der Waals surface area (Å²) in [6.45, 7) is 1.86. The van der Waals surface area contributed by atoms with Gasteiger partial charge in [-0.25, -0.2) is 14.0 Å². The lowest BCUT2D eigenvalue weighted by molar-refractivity contribution is 0.0489. The molecule has 0 aliphatic heterocycles. The fourth-order valence-corrected chi connectivity index (χ4v) is 4.27. The number of ketones is 2. The molecule has 214 valence electrons. The summed E-state index contributed by atoms with van der Waals surface area (Å²) >= 11 is 0. The van der Waals surface area contributed by atoms with Crippen LogP contribution in [0.3, 0.4) is 0 Å². The summed E-state index contributed by atoms with van der Waals surface area (Å²) in [6.07, 6.45) is 2.01. The highest BCUT2D eigenvalue weighted by Crippen LogP contribution is 2.46. The van der Waals surface area contributed by atoms with Gasteiger partial charge in [-0.15, -0.1) is 0 Å². The molecule has 0 saturated carbocycles. The third kappa shape index (κ3) is 6.36. The van der Waals surface area contributed by atoms with Crippen LogP contribution >= 0.6 is 0 Å². The van der Waals surface area contributed by atoms with Gasteiger partial charge in [0.15, 0.2) is 23.1 Å². The normalized spacial score (nSPS) is 10.6. The lowest BCUT2D eigenvalue weighted by atomic mass is 9.88. The van der Waals surface area contributed by atoms with Crippen molar-refractivity contribution in [1.82, 2.24) is 0 Å². The topological polar surface area (TPSA) is 127 Å². The van der Waals surface area contributed by atoms with E-state index in [2.05, 4.69) is 0 Å². The summed E-state index contributed by atoms with van der Waals surface area (Å²) in [5.74, 6) is -8.12. The van der Waals surface area contributed by atoms with Gasteiger partial charge in [0.05, 0.1) is 28.9 Å². The molecule has 0 unspecified atom stereocenters. The Morgan fingerprint density at radius 1 is 0.667 bits per heavy atom. The molecule has 2 N–H and O–H groups in total. The second kappa shape index (κ2) is 13.4. The van der Waals surface area contributed by atoms with Crippen LogP contribution in [-0.4, -0.2) is 40.3 Å². The molecular weight excluding hydrogens is 543 g/mol. The van der Waals surface area contributed by atoms with Crippen LogP contribution in [0, 0.1) is 5.82 Å². The smallest absolute Gasteiger partial charge is 0.343 e. The molecule has 0 aliphatic rings. The van der Waals surface area contributed by atoms with Gasteiger partial charge < -0.3 is 19.7 Å². The molecule has 0 amide bonds. The van der Waals surface area contributed by atoms with Crippen LogP contribution in [-0.2, 0) is 4.74 Å². The third-order valence-corrected chi connectivity index (χ3v) is 6.37. The second-order valence-electron chi connectivity index (χ2n) is 9.28. The summed E-state index contributed by atoms with van der Waals surface area (Å²) in [7, 11) is 0. The van der Waals surface area contributed by atoms with Crippen molar-refractivity contribution in [1.29, 1.82) is 0 Å². The van der Waals surface area contributed by atoms with Crippen LogP contribution in [0.1, 0.15) is 78.7 Å². The number of unbranched alkanes of at least 4 members (excludes halogenated alkanes) is 2. The second-order valence-corrected chi connectivity index (χ2v) is 9.28. The maximum atomic E-state index is 14.2. The number of hydrogen-bond donors (Lipinski definition) is 2. The quantitative estimate of drug-likeness (QED) is 0.0711. The number of ether oxygens (including phenoxy) is 2. The first-order valence-electron chi connectivity index (χ1n) is 13.2. The predicted octanol–water partition coefficient (Wildman–Crippen LogP) is 6.27. The summed E-state index contributed by atoms with van der Waals surface area (Å²) < 4.78 is 25.0. The van der Waals surface area contributed by atoms with Gasteiger partial charge in [-0.2, -0.15) is 0 Å². The third-order valence-electron chi connectivity index (χ3n) is 6.37. The average molecular weight is 571 g/mol. The Morgan fingerprint density at radius 3 is 1.88 bits per heavy atom. The number of phenols is 2. The Balaban J connectivity index is 2.01. The van der Waals surface area contributed by atoms with Gasteiger partial charge in [-0.1, -0.05) is 80.4 Å². The number of carbonyl (C=O) groups is 4. The maximum absolute atomic E-state index is 14.2. The van der Waals surface area contributed by atoms with Gasteiger partial charge in [-0.05, 0) is 30.7 Å². The molecule has 4 aromatic carbocycles. The molecule has 4 rings (SSSR count). The molecule has 0 heterocycles. The molecule has 42 heavy (non-hydrogen) atoms. The Hall–Kier alpha value is -5.31. The number of hydrogen-bond acceptors (Lipinski definition) is 8. The highest BCUT2D eigenvalue weighted by Gasteiger charge is 2.37. The minimum absolute atomic E-state index is 0.0189. The van der Waals surface area contributed by atoms with Crippen molar-refractivity contribution < 1.29 is 43.3 Å². The number of halogens is 1. The van der Waals surface area contributed by atoms with E-state index in [1.807, 2.05) is 6.92 Å². The average Bonchev–Trinajstić information content (AvgIpc) is 3.01. The number of phenolic OH excluding ortho intramolecular Hbond substituents is 2. The van der Waals surface area contributed by atoms with Crippen molar-refractivity contribution in [2.75, 3.05) is 6.61 Å². The van der Waals surface area contributed by atoms with Crippen molar-refractivity contribution in [3.63, 3.8) is 0 Å². The van der Waals surface area contributed by atoms with Crippen molar-refractivity contribution in [2.24, 2.45) is 0 Å². The first-order chi connectivity index (χ1) is 20.2. The van der Waals surface area contributed by atoms with E-state index in [1.165, 1.54) is 36.4 Å². The SMILES string of the molecule is CCCCCOC(=O)c1c(C(=O)c2ccccc2)c(O)c(O)c(OC(=O)c2ccccc2)c1C(=O)c1cccc(F)c1. The maximum Gasteiger partial charge on any atom is 0.343 e. The van der Waals surface area contributed by atoms with Crippen molar-refractivity contribution in [3.05, 3.63) is 124 Å². The highest BCUT2D eigenvalue weighted by atomic mass is 19.1. The van der Waals surface area contributed by atoms with Crippen LogP contribution in [0.5, 0.6) is 17.2 Å². The zero-order chi connectivity index (χ0) is 30.2. The summed E-state index contributed by atoms with van der Waals surface area (Å²) in [6, 6.07) is 19.6. The van der Waals surface area contributed by atoms with Gasteiger partial charge in [-0.3, -0.25) is 9.59 Å². The van der Waals surface area contributed by atoms with Crippen LogP contribution in [0.25, 0.3) is 0 Å². The molecule has 9 heteroatoms. The molecule has 0 fully saturated rings. The zero-order valence-corrected chi connectivity index (χ0v) is 22.6. The number of rotatable bonds is 11. The lowest BCUT2D eigenvalue weighted by Crippen LogP contribution is -2.22. The number of aromatic hydroxyl groups is 2. The zero-order valence-electron chi connectivity index (χ0n) is 22.6. The molecule has 0 radical (unpaired) electrons. The van der Waals surface area contributed by atoms with Crippen LogP contribution in [0.2, 0.25) is 0 Å². The van der Waals surface area contributed by atoms with E-state index in [-0.39, 0.29) is 23.3 Å². The summed E-state index contributed by atoms with van der Waals surface area (Å²) in [4.78, 5) is 54.3. The van der Waals surface area contributed by atoms with Crippen molar-refractivity contribution >= 4 is 23.5 Å². The number of carbonyl (C=O) groups excluding carboxylic acids is 4. The van der Waals surface area contributed by atoms with E-state index < -0.39 is 63.3 Å². The molecule has 0 aliphatic carbocycles. The van der Waals surface area contributed by atoms with Crippen molar-refractivity contribution in [3.8, 4) is 17.2 Å². The molecular formula is C33H27FO8. The molecule has 8 nitrogen and oxygen atoms in total. The number of esters is 2. The van der Waals surface area contributed by atoms with Gasteiger partial charge in [0.25, 0.3) is 0 Å². The van der Waals surface area contributed by atoms with E-state index in [0.717, 1.165) is 25.0 Å². The van der Waals surface area contributed by atoms with E-state index in [1.54, 1.807) is 36.4 Å². The minimum Gasteiger partial charge on any atom is -0.504 e. The Kier molecular flexibility index (Phi) is 9.44. The molecule has 0 bridgehead atoms. The summed E-state index contributed by atoms with van der Waals surface area (Å²) in [5, 5.41) is 22.2. The molecule has 0 atom stereocenters. The van der Waals surface area contributed by atoms with E-state index in [0.29, 0.717) is 6.42 Å². The first-order valence-corrected chi connectivity index (χ1v) is 13.2. The van der Waals surface area contributed by atoms with Gasteiger partial charge in [0.1, 0.15) is 5.82 Å². The molecule has 0 aromatic heterocycles. The van der Waals surface area contributed by atoms with Crippen LogP contribution in [0.4, 0.5) is 4.39 Å². The van der Waals surface area contributed by atoms with Crippen LogP contribution < -0.4 is 4.74 Å². The first kappa shape index (κ1) is 29.7.